The van der Waals surface area contributed by atoms with Gasteiger partial charge in [-0.15, -0.1) is 0 Å². The van der Waals surface area contributed by atoms with Gasteiger partial charge in [-0.05, 0) is 39.6 Å². The molecule has 19 heavy (non-hydrogen) atoms. The van der Waals surface area contributed by atoms with E-state index in [9.17, 15) is 5.11 Å². The lowest BCUT2D eigenvalue weighted by atomic mass is 10.0. The van der Waals surface area contributed by atoms with E-state index in [1.165, 1.54) is 0 Å². The van der Waals surface area contributed by atoms with E-state index >= 15 is 0 Å². The largest absolute Gasteiger partial charge is 0.468 e. The summed E-state index contributed by atoms with van der Waals surface area (Å²) in [7, 11) is 4.10. The molecule has 0 amide bonds. The minimum atomic E-state index is -0.277. The Morgan fingerprint density at radius 3 is 2.84 bits per heavy atom. The standard InChI is InChI=1S/C14H25N3O2/c1-10(15)14(13-5-4-6-19-13)17-9-12(18)7-11(17)8-16(2)3/h4-6,10-12,14,18H,7-9,15H2,1-3H3. The molecule has 0 radical (unpaired) electrons. The average molecular weight is 267 g/mol. The molecule has 5 heteroatoms. The second kappa shape index (κ2) is 6.05. The maximum Gasteiger partial charge on any atom is 0.122 e. The molecule has 0 saturated carbocycles. The van der Waals surface area contributed by atoms with E-state index in [4.69, 9.17) is 10.2 Å². The van der Waals surface area contributed by atoms with Crippen LogP contribution in [0, 0.1) is 0 Å². The lowest BCUT2D eigenvalue weighted by molar-refractivity contribution is 0.110. The number of aliphatic hydroxyl groups is 1. The van der Waals surface area contributed by atoms with Gasteiger partial charge in [0.05, 0.1) is 18.4 Å². The summed E-state index contributed by atoms with van der Waals surface area (Å²) >= 11 is 0. The monoisotopic (exact) mass is 267 g/mol. The minimum absolute atomic E-state index is 0.0251. The van der Waals surface area contributed by atoms with E-state index in [2.05, 4.69) is 23.9 Å². The quantitative estimate of drug-likeness (QED) is 0.820. The van der Waals surface area contributed by atoms with Crippen LogP contribution in [-0.2, 0) is 0 Å². The topological polar surface area (TPSA) is 65.9 Å². The van der Waals surface area contributed by atoms with Crippen LogP contribution in [0.1, 0.15) is 25.1 Å². The van der Waals surface area contributed by atoms with Crippen molar-refractivity contribution in [3.8, 4) is 0 Å². The number of hydrogen-bond acceptors (Lipinski definition) is 5. The molecule has 1 fully saturated rings. The third-order valence-corrected chi connectivity index (χ3v) is 3.70. The van der Waals surface area contributed by atoms with Gasteiger partial charge in [0, 0.05) is 25.2 Å². The van der Waals surface area contributed by atoms with Crippen LogP contribution < -0.4 is 5.73 Å². The van der Waals surface area contributed by atoms with Gasteiger partial charge in [0.15, 0.2) is 0 Å². The molecule has 1 aliphatic heterocycles. The highest BCUT2D eigenvalue weighted by molar-refractivity contribution is 5.09. The summed E-state index contributed by atoms with van der Waals surface area (Å²) in [6.07, 6.45) is 2.20. The number of nitrogens with zero attached hydrogens (tertiary/aromatic N) is 2. The van der Waals surface area contributed by atoms with Gasteiger partial charge in [0.1, 0.15) is 5.76 Å². The Morgan fingerprint density at radius 1 is 1.58 bits per heavy atom. The Morgan fingerprint density at radius 2 is 2.32 bits per heavy atom. The highest BCUT2D eigenvalue weighted by Gasteiger charge is 2.38. The Kier molecular flexibility index (Phi) is 4.62. The molecule has 0 aliphatic carbocycles. The van der Waals surface area contributed by atoms with Crippen LogP contribution in [-0.4, -0.2) is 60.3 Å². The highest BCUT2D eigenvalue weighted by atomic mass is 16.3. The molecule has 1 aromatic rings. The molecular formula is C14H25N3O2. The van der Waals surface area contributed by atoms with Gasteiger partial charge >= 0.3 is 0 Å². The summed E-state index contributed by atoms with van der Waals surface area (Å²) in [5.74, 6) is 0.882. The molecule has 2 rings (SSSR count). The number of hydrogen-bond donors (Lipinski definition) is 2. The first-order valence-corrected chi connectivity index (χ1v) is 6.86. The SMILES string of the molecule is CC(N)C(c1ccco1)N1CC(O)CC1CN(C)C. The molecule has 3 N–H and O–H groups in total. The first kappa shape index (κ1) is 14.5. The van der Waals surface area contributed by atoms with E-state index in [0.29, 0.717) is 12.6 Å². The lowest BCUT2D eigenvalue weighted by Gasteiger charge is -2.35. The maximum atomic E-state index is 9.98. The fourth-order valence-corrected chi connectivity index (χ4v) is 3.04. The molecule has 1 saturated heterocycles. The Hall–Kier alpha value is -0.880. The predicted molar refractivity (Wildman–Crippen MR) is 74.8 cm³/mol. The van der Waals surface area contributed by atoms with Crippen LogP contribution in [0.15, 0.2) is 22.8 Å². The van der Waals surface area contributed by atoms with Crippen molar-refractivity contribution in [1.82, 2.24) is 9.80 Å². The predicted octanol–water partition coefficient (Wildman–Crippen LogP) is 0.665. The van der Waals surface area contributed by atoms with Crippen LogP contribution >= 0.6 is 0 Å². The van der Waals surface area contributed by atoms with Crippen molar-refractivity contribution in [2.45, 2.75) is 37.6 Å². The molecule has 108 valence electrons. The second-order valence-corrected chi connectivity index (χ2v) is 5.82. The Balaban J connectivity index is 2.19. The summed E-state index contributed by atoms with van der Waals surface area (Å²) in [6, 6.07) is 4.15. The summed E-state index contributed by atoms with van der Waals surface area (Å²) in [6.45, 7) is 3.57. The van der Waals surface area contributed by atoms with Gasteiger partial charge in [-0.25, -0.2) is 0 Å². The molecule has 4 atom stereocenters. The summed E-state index contributed by atoms with van der Waals surface area (Å²) in [4.78, 5) is 4.43. The fraction of sp³-hybridized carbons (Fsp3) is 0.714. The molecule has 4 unspecified atom stereocenters. The number of aliphatic hydroxyl groups excluding tert-OH is 1. The Labute approximate surface area is 115 Å². The van der Waals surface area contributed by atoms with Crippen LogP contribution in [0.5, 0.6) is 0 Å². The third-order valence-electron chi connectivity index (χ3n) is 3.70. The molecule has 5 nitrogen and oxygen atoms in total. The lowest BCUT2D eigenvalue weighted by Crippen LogP contribution is -2.45. The van der Waals surface area contributed by atoms with Crippen LogP contribution in [0.4, 0.5) is 0 Å². The van der Waals surface area contributed by atoms with Crippen molar-refractivity contribution in [2.24, 2.45) is 5.73 Å². The molecule has 0 spiro atoms. The van der Waals surface area contributed by atoms with E-state index < -0.39 is 0 Å². The van der Waals surface area contributed by atoms with Gasteiger partial charge < -0.3 is 20.2 Å². The molecule has 2 heterocycles. The highest BCUT2D eigenvalue weighted by Crippen LogP contribution is 2.32. The zero-order valence-corrected chi connectivity index (χ0v) is 12.0. The van der Waals surface area contributed by atoms with E-state index in [-0.39, 0.29) is 18.2 Å². The Bertz CT molecular complexity index is 378. The first-order valence-electron chi connectivity index (χ1n) is 6.86. The van der Waals surface area contributed by atoms with Crippen LogP contribution in [0.2, 0.25) is 0 Å². The maximum absolute atomic E-state index is 9.98. The van der Waals surface area contributed by atoms with E-state index in [0.717, 1.165) is 18.7 Å². The smallest absolute Gasteiger partial charge is 0.122 e. The molecule has 0 aromatic carbocycles. The summed E-state index contributed by atoms with van der Waals surface area (Å²) in [5, 5.41) is 9.98. The number of rotatable bonds is 5. The van der Waals surface area contributed by atoms with Crippen LogP contribution in [0.3, 0.4) is 0 Å². The van der Waals surface area contributed by atoms with Crippen molar-refractivity contribution < 1.29 is 9.52 Å². The van der Waals surface area contributed by atoms with Crippen LogP contribution in [0.25, 0.3) is 0 Å². The van der Waals surface area contributed by atoms with E-state index in [1.54, 1.807) is 6.26 Å². The zero-order valence-electron chi connectivity index (χ0n) is 12.0. The normalized spacial score (nSPS) is 27.9. The number of likely N-dealkylation sites (tertiary alicyclic amines) is 1. The molecule has 0 bridgehead atoms. The molecule has 1 aliphatic rings. The average Bonchev–Trinajstić information content (AvgIpc) is 2.89. The summed E-state index contributed by atoms with van der Waals surface area (Å²) < 4.78 is 5.54. The molecule has 1 aromatic heterocycles. The number of furan rings is 1. The molecular weight excluding hydrogens is 242 g/mol. The zero-order chi connectivity index (χ0) is 14.0. The van der Waals surface area contributed by atoms with Crippen molar-refractivity contribution in [3.63, 3.8) is 0 Å². The van der Waals surface area contributed by atoms with E-state index in [1.807, 2.05) is 19.1 Å². The van der Waals surface area contributed by atoms with Crippen molar-refractivity contribution in [1.29, 1.82) is 0 Å². The van der Waals surface area contributed by atoms with Gasteiger partial charge in [0.2, 0.25) is 0 Å². The van der Waals surface area contributed by atoms with Gasteiger partial charge in [-0.1, -0.05) is 0 Å². The number of nitrogens with two attached hydrogens (primary N) is 1. The minimum Gasteiger partial charge on any atom is -0.468 e. The van der Waals surface area contributed by atoms with Crippen molar-refractivity contribution >= 4 is 0 Å². The first-order chi connectivity index (χ1) is 8.99. The van der Waals surface area contributed by atoms with Crippen molar-refractivity contribution in [2.75, 3.05) is 27.2 Å². The van der Waals surface area contributed by atoms with Gasteiger partial charge in [-0.3, -0.25) is 4.90 Å². The number of likely N-dealkylation sites (N-methyl/N-ethyl adjacent to an activating group) is 1. The van der Waals surface area contributed by atoms with Crippen molar-refractivity contribution in [3.05, 3.63) is 24.2 Å². The van der Waals surface area contributed by atoms with Gasteiger partial charge in [0.25, 0.3) is 0 Å². The number of β-amino-alcohol motifs (C(OH)–C–C–N with tert-alkyl or cyclic N) is 1. The summed E-state index contributed by atoms with van der Waals surface area (Å²) in [5.41, 5.74) is 6.15. The fourth-order valence-electron chi connectivity index (χ4n) is 3.04. The third kappa shape index (κ3) is 3.36. The second-order valence-electron chi connectivity index (χ2n) is 5.82. The van der Waals surface area contributed by atoms with Gasteiger partial charge in [-0.2, -0.15) is 0 Å².